The molecule has 35 heavy (non-hydrogen) atoms. The van der Waals surface area contributed by atoms with Crippen molar-refractivity contribution in [3.05, 3.63) is 30.1 Å². The number of aliphatic hydroxyl groups excluding tert-OH is 1. The molecule has 2 saturated carbocycles. The Morgan fingerprint density at radius 2 is 1.83 bits per heavy atom. The fourth-order valence-corrected chi connectivity index (χ4v) is 7.10. The summed E-state index contributed by atoms with van der Waals surface area (Å²) in [5, 5.41) is 17.4. The molecule has 7 atom stereocenters. The number of likely N-dealkylation sites (tertiary alicyclic amines) is 1. The summed E-state index contributed by atoms with van der Waals surface area (Å²) in [6, 6.07) is 5.39. The number of nitrogens with zero attached hydrogens (tertiary/aromatic N) is 1. The molecule has 7 heteroatoms. The Hall–Kier alpha value is -2.15. The smallest absolute Gasteiger partial charge is 0.319 e. The van der Waals surface area contributed by atoms with Crippen molar-refractivity contribution in [2.24, 2.45) is 35.0 Å². The molecule has 0 spiro atoms. The largest absolute Gasteiger partial charge is 0.392 e. The summed E-state index contributed by atoms with van der Waals surface area (Å²) < 4.78 is 13.5. The highest BCUT2D eigenvalue weighted by Crippen LogP contribution is 2.55. The zero-order valence-electron chi connectivity index (χ0n) is 21.6. The Morgan fingerprint density at radius 1 is 1.14 bits per heavy atom. The van der Waals surface area contributed by atoms with E-state index in [1.807, 2.05) is 11.8 Å². The summed E-state index contributed by atoms with van der Waals surface area (Å²) in [6.07, 6.45) is 5.12. The van der Waals surface area contributed by atoms with Gasteiger partial charge < -0.3 is 20.6 Å². The minimum atomic E-state index is -0.581. The number of nitrogens with one attached hydrogen (secondary N) is 2. The van der Waals surface area contributed by atoms with E-state index in [0.717, 1.165) is 51.6 Å². The van der Waals surface area contributed by atoms with E-state index in [-0.39, 0.29) is 47.1 Å². The van der Waals surface area contributed by atoms with Crippen molar-refractivity contribution < 1.29 is 19.1 Å². The van der Waals surface area contributed by atoms with Gasteiger partial charge in [-0.15, -0.1) is 0 Å². The van der Waals surface area contributed by atoms with Crippen molar-refractivity contribution in [1.29, 1.82) is 0 Å². The van der Waals surface area contributed by atoms with E-state index in [2.05, 4.69) is 31.4 Å². The number of urea groups is 1. The molecule has 2 aliphatic carbocycles. The molecule has 0 aromatic heterocycles. The number of hydrogen-bond donors (Lipinski definition) is 3. The van der Waals surface area contributed by atoms with Gasteiger partial charge in [0.2, 0.25) is 5.91 Å². The molecule has 1 heterocycles. The van der Waals surface area contributed by atoms with Crippen LogP contribution in [0.5, 0.6) is 0 Å². The molecule has 1 unspecified atom stereocenters. The number of rotatable bonds is 4. The zero-order valence-corrected chi connectivity index (χ0v) is 21.6. The number of benzene rings is 1. The molecule has 3 aliphatic rings. The van der Waals surface area contributed by atoms with Gasteiger partial charge in [-0.25, -0.2) is 9.18 Å². The van der Waals surface area contributed by atoms with Crippen molar-refractivity contribution >= 4 is 17.6 Å². The van der Waals surface area contributed by atoms with Gasteiger partial charge in [0, 0.05) is 30.7 Å². The van der Waals surface area contributed by atoms with E-state index in [0.29, 0.717) is 11.6 Å². The highest BCUT2D eigenvalue weighted by molar-refractivity contribution is 5.89. The number of carbonyl (C=O) groups excluding carboxylic acids is 2. The quantitative estimate of drug-likeness (QED) is 0.557. The minimum Gasteiger partial charge on any atom is -0.392 e. The van der Waals surface area contributed by atoms with Crippen molar-refractivity contribution in [1.82, 2.24) is 10.2 Å². The molecule has 1 saturated heterocycles. The Labute approximate surface area is 209 Å². The van der Waals surface area contributed by atoms with Crippen molar-refractivity contribution in [3.8, 4) is 0 Å². The number of amides is 3. The highest BCUT2D eigenvalue weighted by atomic mass is 19.1. The van der Waals surface area contributed by atoms with E-state index in [1.165, 1.54) is 12.1 Å². The van der Waals surface area contributed by atoms with E-state index >= 15 is 0 Å². The van der Waals surface area contributed by atoms with E-state index < -0.39 is 11.9 Å². The summed E-state index contributed by atoms with van der Waals surface area (Å²) in [4.78, 5) is 28.0. The van der Waals surface area contributed by atoms with Crippen molar-refractivity contribution in [3.63, 3.8) is 0 Å². The minimum absolute atomic E-state index is 0.00410. The van der Waals surface area contributed by atoms with E-state index in [9.17, 15) is 19.1 Å². The van der Waals surface area contributed by atoms with Gasteiger partial charge in [-0.3, -0.25) is 4.79 Å². The lowest BCUT2D eigenvalue weighted by molar-refractivity contribution is -0.151. The Kier molecular flexibility index (Phi) is 7.74. The van der Waals surface area contributed by atoms with Crippen molar-refractivity contribution in [2.45, 2.75) is 78.4 Å². The molecule has 6 nitrogen and oxygen atoms in total. The fourth-order valence-electron chi connectivity index (χ4n) is 7.10. The third kappa shape index (κ3) is 5.50. The molecular weight excluding hydrogens is 445 g/mol. The van der Waals surface area contributed by atoms with Crippen LogP contribution in [0.3, 0.4) is 0 Å². The summed E-state index contributed by atoms with van der Waals surface area (Å²) in [5.74, 6) is 0.234. The first-order valence-corrected chi connectivity index (χ1v) is 13.4. The first-order valence-electron chi connectivity index (χ1n) is 13.4. The van der Waals surface area contributed by atoms with E-state index in [4.69, 9.17) is 0 Å². The molecule has 1 aliphatic heterocycles. The van der Waals surface area contributed by atoms with Crippen LogP contribution in [0.4, 0.5) is 14.9 Å². The summed E-state index contributed by atoms with van der Waals surface area (Å²) in [5.41, 5.74) is 0.406. The van der Waals surface area contributed by atoms with Crippen molar-refractivity contribution in [2.75, 3.05) is 18.4 Å². The van der Waals surface area contributed by atoms with Crippen LogP contribution in [0.1, 0.15) is 66.2 Å². The first kappa shape index (κ1) is 25.9. The van der Waals surface area contributed by atoms with Crippen LogP contribution in [-0.2, 0) is 4.79 Å². The number of anilines is 1. The normalized spacial score (nSPS) is 34.6. The summed E-state index contributed by atoms with van der Waals surface area (Å²) in [7, 11) is 0. The number of piperidine rings is 1. The fraction of sp³-hybridized carbons (Fsp3) is 0.714. The number of carbonyl (C=O) groups is 2. The van der Waals surface area contributed by atoms with Crippen LogP contribution < -0.4 is 10.6 Å². The third-order valence-corrected chi connectivity index (χ3v) is 9.41. The van der Waals surface area contributed by atoms with Gasteiger partial charge in [0.1, 0.15) is 5.82 Å². The van der Waals surface area contributed by atoms with Gasteiger partial charge in [-0.1, -0.05) is 33.8 Å². The average Bonchev–Trinajstić information content (AvgIpc) is 2.81. The van der Waals surface area contributed by atoms with Crippen LogP contribution in [0, 0.1) is 40.8 Å². The lowest BCUT2D eigenvalue weighted by atomic mass is 9.51. The predicted molar refractivity (Wildman–Crippen MR) is 135 cm³/mol. The summed E-state index contributed by atoms with van der Waals surface area (Å²) in [6.45, 7) is 10.2. The second-order valence-electron chi connectivity index (χ2n) is 11.8. The molecule has 4 rings (SSSR count). The van der Waals surface area contributed by atoms with Gasteiger partial charge in [-0.2, -0.15) is 0 Å². The number of fused-ring (bicyclic) bond motifs is 1. The number of halogens is 1. The molecule has 3 amide bonds. The molecule has 3 N–H and O–H groups in total. The zero-order chi connectivity index (χ0) is 25.3. The van der Waals surface area contributed by atoms with Gasteiger partial charge in [-0.05, 0) is 85.8 Å². The summed E-state index contributed by atoms with van der Waals surface area (Å²) >= 11 is 0. The van der Waals surface area contributed by atoms with Crippen LogP contribution in [0.2, 0.25) is 0 Å². The maximum Gasteiger partial charge on any atom is 0.319 e. The van der Waals surface area contributed by atoms with Gasteiger partial charge in [0.25, 0.3) is 0 Å². The van der Waals surface area contributed by atoms with Crippen LogP contribution in [0.25, 0.3) is 0 Å². The van der Waals surface area contributed by atoms with Gasteiger partial charge >= 0.3 is 6.03 Å². The maximum atomic E-state index is 13.5. The van der Waals surface area contributed by atoms with Crippen LogP contribution in [0.15, 0.2) is 24.3 Å². The predicted octanol–water partition coefficient (Wildman–Crippen LogP) is 5.03. The Bertz CT molecular complexity index is 918. The molecule has 0 bridgehead atoms. The second kappa shape index (κ2) is 10.5. The Balaban J connectivity index is 1.42. The first-order chi connectivity index (χ1) is 16.6. The molecular formula is C28H42FN3O3. The highest BCUT2D eigenvalue weighted by Gasteiger charge is 2.54. The Morgan fingerprint density at radius 3 is 2.51 bits per heavy atom. The lowest BCUT2D eigenvalue weighted by Crippen LogP contribution is -2.59. The number of hydrogen-bond acceptors (Lipinski definition) is 3. The molecule has 3 fully saturated rings. The van der Waals surface area contributed by atoms with Crippen LogP contribution in [-0.4, -0.2) is 47.2 Å². The second-order valence-corrected chi connectivity index (χ2v) is 11.8. The van der Waals surface area contributed by atoms with Crippen LogP contribution >= 0.6 is 0 Å². The molecule has 1 aromatic carbocycles. The third-order valence-electron chi connectivity index (χ3n) is 9.41. The SMILES string of the molecule is CC1CCN(C(=O)[C@@H](C)C2CC[C@@]3(C)CC[C@H](NC(=O)Nc4cccc(F)c4)[C@@H](C)[C@@H]3[C@H]2O)CC1. The molecule has 194 valence electrons. The standard InChI is InChI=1S/C28H42FN3O3/c1-17-10-14-32(15-11-17)26(34)18(2)22-8-12-28(4)13-9-23(19(3)24(28)25(22)33)31-27(35)30-21-7-5-6-20(29)16-21/h5-7,16-19,22-25,33H,8-15H2,1-4H3,(H2,30,31,35)/t18-,19+,22?,23-,24+,25-,28-/m0/s1. The molecule has 1 aromatic rings. The van der Waals surface area contributed by atoms with Gasteiger partial charge in [0.05, 0.1) is 6.10 Å². The monoisotopic (exact) mass is 487 g/mol. The lowest BCUT2D eigenvalue weighted by Gasteiger charge is -2.56. The topological polar surface area (TPSA) is 81.7 Å². The average molecular weight is 488 g/mol. The molecule has 0 radical (unpaired) electrons. The van der Waals surface area contributed by atoms with E-state index in [1.54, 1.807) is 12.1 Å². The number of aliphatic hydroxyl groups is 1. The van der Waals surface area contributed by atoms with Gasteiger partial charge in [0.15, 0.2) is 0 Å². The maximum absolute atomic E-state index is 13.5.